The number of hydrogen-bond donors (Lipinski definition) is 2. The highest BCUT2D eigenvalue weighted by Crippen LogP contribution is 2.11. The molecule has 5 nitrogen and oxygen atoms in total. The largest absolute Gasteiger partial charge is 0.341 e. The fraction of sp³-hybridized carbons (Fsp3) is 0.333. The van der Waals surface area contributed by atoms with Crippen molar-refractivity contribution < 1.29 is 18.4 Å². The molecule has 0 atom stereocenters. The van der Waals surface area contributed by atoms with Gasteiger partial charge in [-0.3, -0.25) is 15.0 Å². The van der Waals surface area contributed by atoms with E-state index in [9.17, 15) is 18.4 Å². The van der Waals surface area contributed by atoms with E-state index in [0.717, 1.165) is 12.1 Å². The molecular weight excluding hydrogens is 256 g/mol. The van der Waals surface area contributed by atoms with Crippen molar-refractivity contribution in [1.82, 2.24) is 15.5 Å². The van der Waals surface area contributed by atoms with Crippen molar-refractivity contribution in [2.75, 3.05) is 20.6 Å². The van der Waals surface area contributed by atoms with Gasteiger partial charge in [0, 0.05) is 25.2 Å². The van der Waals surface area contributed by atoms with Crippen molar-refractivity contribution in [3.05, 3.63) is 35.4 Å². The lowest BCUT2D eigenvalue weighted by atomic mass is 10.2. The van der Waals surface area contributed by atoms with Gasteiger partial charge in [-0.15, -0.1) is 0 Å². The minimum Gasteiger partial charge on any atom is -0.341 e. The van der Waals surface area contributed by atoms with Crippen molar-refractivity contribution in [3.63, 3.8) is 0 Å². The summed E-state index contributed by atoms with van der Waals surface area (Å²) in [5, 5.41) is 4.33. The number of benzene rings is 1. The first kappa shape index (κ1) is 15.0. The summed E-state index contributed by atoms with van der Waals surface area (Å²) in [6.07, 6.45) is 0. The molecule has 0 bridgehead atoms. The maximum absolute atomic E-state index is 13.4. The van der Waals surface area contributed by atoms with Gasteiger partial charge in [0.25, 0.3) is 0 Å². The van der Waals surface area contributed by atoms with Crippen molar-refractivity contribution >= 4 is 11.9 Å². The number of imide groups is 1. The first-order valence-corrected chi connectivity index (χ1v) is 5.56. The maximum Gasteiger partial charge on any atom is 0.321 e. The molecule has 1 aromatic carbocycles. The normalized spacial score (nSPS) is 10.4. The summed E-state index contributed by atoms with van der Waals surface area (Å²) in [5.41, 5.74) is 0.275. The molecule has 19 heavy (non-hydrogen) atoms. The van der Waals surface area contributed by atoms with Crippen molar-refractivity contribution in [2.24, 2.45) is 0 Å². The van der Waals surface area contributed by atoms with Gasteiger partial charge in [-0.2, -0.15) is 0 Å². The van der Waals surface area contributed by atoms with E-state index >= 15 is 0 Å². The highest BCUT2D eigenvalue weighted by atomic mass is 19.1. The van der Waals surface area contributed by atoms with Crippen LogP contribution in [0.15, 0.2) is 18.2 Å². The third kappa shape index (κ3) is 5.01. The minimum atomic E-state index is -0.668. The zero-order valence-corrected chi connectivity index (χ0v) is 10.7. The van der Waals surface area contributed by atoms with Gasteiger partial charge < -0.3 is 5.32 Å². The molecule has 104 valence electrons. The van der Waals surface area contributed by atoms with E-state index in [1.54, 1.807) is 7.05 Å². The predicted octanol–water partition coefficient (Wildman–Crippen LogP) is 0.852. The quantitative estimate of drug-likeness (QED) is 0.853. The number of carbonyl (C=O) groups excluding carboxylic acids is 2. The summed E-state index contributed by atoms with van der Waals surface area (Å²) >= 11 is 0. The van der Waals surface area contributed by atoms with Gasteiger partial charge in [0.05, 0.1) is 6.54 Å². The molecular formula is C12H15F2N3O2. The molecule has 7 heteroatoms. The average Bonchev–Trinajstić information content (AvgIpc) is 2.32. The van der Waals surface area contributed by atoms with Crippen LogP contribution in [0, 0.1) is 11.6 Å². The predicted molar refractivity (Wildman–Crippen MR) is 65.3 cm³/mol. The highest BCUT2D eigenvalue weighted by molar-refractivity contribution is 5.95. The second-order valence-electron chi connectivity index (χ2n) is 4.04. The summed E-state index contributed by atoms with van der Waals surface area (Å²) in [4.78, 5) is 23.8. The Bertz CT molecular complexity index is 480. The lowest BCUT2D eigenvalue weighted by Crippen LogP contribution is -2.42. The second-order valence-corrected chi connectivity index (χ2v) is 4.04. The summed E-state index contributed by atoms with van der Waals surface area (Å²) in [7, 11) is 2.98. The molecule has 0 heterocycles. The molecule has 0 aliphatic rings. The monoisotopic (exact) mass is 271 g/mol. The fourth-order valence-corrected chi connectivity index (χ4v) is 1.47. The van der Waals surface area contributed by atoms with Crippen LogP contribution in [-0.2, 0) is 11.3 Å². The summed E-state index contributed by atoms with van der Waals surface area (Å²) in [6.45, 7) is 0.0531. The van der Waals surface area contributed by atoms with Crippen LogP contribution in [0.1, 0.15) is 5.56 Å². The Balaban J connectivity index is 2.53. The molecule has 0 unspecified atom stereocenters. The first-order valence-electron chi connectivity index (χ1n) is 5.56. The van der Waals surface area contributed by atoms with E-state index in [0.29, 0.717) is 0 Å². The lowest BCUT2D eigenvalue weighted by molar-refractivity contribution is -0.120. The summed E-state index contributed by atoms with van der Waals surface area (Å²) < 4.78 is 26.1. The number of amides is 3. The number of halogens is 2. The molecule has 0 fully saturated rings. The Morgan fingerprint density at radius 3 is 2.58 bits per heavy atom. The molecule has 1 aromatic rings. The van der Waals surface area contributed by atoms with Crippen LogP contribution >= 0.6 is 0 Å². The Labute approximate surface area is 109 Å². The molecule has 0 aliphatic heterocycles. The van der Waals surface area contributed by atoms with E-state index in [1.165, 1.54) is 18.0 Å². The molecule has 0 saturated heterocycles. The number of nitrogens with zero attached hydrogens (tertiary/aromatic N) is 1. The molecule has 3 amide bonds. The smallest absolute Gasteiger partial charge is 0.321 e. The Kier molecular flexibility index (Phi) is 5.37. The van der Waals surface area contributed by atoms with Crippen molar-refractivity contribution in [1.29, 1.82) is 0 Å². The zero-order chi connectivity index (χ0) is 14.4. The topological polar surface area (TPSA) is 61.4 Å². The Hall–Kier alpha value is -2.02. The first-order chi connectivity index (χ1) is 8.92. The lowest BCUT2D eigenvalue weighted by Gasteiger charge is -2.16. The molecule has 0 saturated carbocycles. The number of rotatable bonds is 4. The van der Waals surface area contributed by atoms with Gasteiger partial charge >= 0.3 is 6.03 Å². The van der Waals surface area contributed by atoms with E-state index in [-0.39, 0.29) is 18.7 Å². The van der Waals surface area contributed by atoms with Crippen molar-refractivity contribution in [2.45, 2.75) is 6.54 Å². The fourth-order valence-electron chi connectivity index (χ4n) is 1.47. The number of nitrogens with one attached hydrogen (secondary N) is 2. The van der Waals surface area contributed by atoms with Crippen LogP contribution in [0.25, 0.3) is 0 Å². The number of hydrogen-bond acceptors (Lipinski definition) is 3. The molecule has 0 aliphatic carbocycles. The van der Waals surface area contributed by atoms with Crippen LogP contribution in [0.5, 0.6) is 0 Å². The molecule has 1 rings (SSSR count). The summed E-state index contributed by atoms with van der Waals surface area (Å²) in [5.74, 6) is -1.83. The third-order valence-corrected chi connectivity index (χ3v) is 2.35. The van der Waals surface area contributed by atoms with Crippen LogP contribution < -0.4 is 10.6 Å². The van der Waals surface area contributed by atoms with Gasteiger partial charge in [-0.1, -0.05) is 6.07 Å². The molecule has 0 radical (unpaired) electrons. The van der Waals surface area contributed by atoms with Crippen molar-refractivity contribution in [3.8, 4) is 0 Å². The molecule has 0 spiro atoms. The molecule has 0 aromatic heterocycles. The Morgan fingerprint density at radius 1 is 1.32 bits per heavy atom. The van der Waals surface area contributed by atoms with E-state index in [1.807, 2.05) is 0 Å². The second kappa shape index (κ2) is 6.79. The number of urea groups is 1. The SMILES string of the molecule is CNC(=O)NC(=O)CN(C)Cc1ccc(F)cc1F. The highest BCUT2D eigenvalue weighted by Gasteiger charge is 2.11. The van der Waals surface area contributed by atoms with Gasteiger partial charge in [0.2, 0.25) is 5.91 Å². The average molecular weight is 271 g/mol. The van der Waals surface area contributed by atoms with Crippen LogP contribution in [0.3, 0.4) is 0 Å². The van der Waals surface area contributed by atoms with E-state index < -0.39 is 23.6 Å². The zero-order valence-electron chi connectivity index (χ0n) is 10.7. The Morgan fingerprint density at radius 2 is 2.00 bits per heavy atom. The van der Waals surface area contributed by atoms with Gasteiger partial charge in [0.15, 0.2) is 0 Å². The number of likely N-dealkylation sites (N-methyl/N-ethyl adjacent to an activating group) is 1. The van der Waals surface area contributed by atoms with Crippen LogP contribution in [0.2, 0.25) is 0 Å². The van der Waals surface area contributed by atoms with Crippen LogP contribution in [-0.4, -0.2) is 37.5 Å². The van der Waals surface area contributed by atoms with Crippen LogP contribution in [0.4, 0.5) is 13.6 Å². The van der Waals surface area contributed by atoms with Gasteiger partial charge in [-0.05, 0) is 13.1 Å². The van der Waals surface area contributed by atoms with Gasteiger partial charge in [-0.25, -0.2) is 13.6 Å². The number of carbonyl (C=O) groups is 2. The van der Waals surface area contributed by atoms with E-state index in [4.69, 9.17) is 0 Å². The maximum atomic E-state index is 13.4. The molecule has 2 N–H and O–H groups in total. The third-order valence-electron chi connectivity index (χ3n) is 2.35. The summed E-state index contributed by atoms with van der Waals surface area (Å²) in [6, 6.07) is 2.65. The van der Waals surface area contributed by atoms with Gasteiger partial charge in [0.1, 0.15) is 11.6 Å². The standard InChI is InChI=1S/C12H15F2N3O2/c1-15-12(19)16-11(18)7-17(2)6-8-3-4-9(13)5-10(8)14/h3-5H,6-7H2,1-2H3,(H2,15,16,18,19). The van der Waals surface area contributed by atoms with E-state index in [2.05, 4.69) is 10.6 Å². The minimum absolute atomic E-state index is 0.0791.